The Bertz CT molecular complexity index is 519. The molecule has 0 spiro atoms. The molecule has 2 aromatic rings. The van der Waals surface area contributed by atoms with Crippen LogP contribution in [0.15, 0.2) is 36.4 Å². The van der Waals surface area contributed by atoms with Crippen LogP contribution in [-0.2, 0) is 6.54 Å². The van der Waals surface area contributed by atoms with Crippen LogP contribution in [0.5, 0.6) is 0 Å². The number of pyridine rings is 1. The van der Waals surface area contributed by atoms with Gasteiger partial charge in [-0.05, 0) is 31.5 Å². The Hall–Kier alpha value is -1.45. The first-order valence-corrected chi connectivity index (χ1v) is 7.51. The second-order valence-corrected chi connectivity index (χ2v) is 5.20. The number of para-hydroxylation sites is 1. The molecule has 1 N–H and O–H groups in total. The van der Waals surface area contributed by atoms with Crippen LogP contribution in [-0.4, -0.2) is 34.7 Å². The van der Waals surface area contributed by atoms with Gasteiger partial charge in [-0.15, -0.1) is 0 Å². The van der Waals surface area contributed by atoms with E-state index in [0.717, 1.165) is 37.3 Å². The van der Waals surface area contributed by atoms with E-state index in [-0.39, 0.29) is 6.61 Å². The van der Waals surface area contributed by atoms with Crippen molar-refractivity contribution >= 4 is 10.9 Å². The number of hydrogen-bond acceptors (Lipinski definition) is 3. The van der Waals surface area contributed by atoms with Crippen molar-refractivity contribution in [3.05, 3.63) is 42.1 Å². The minimum atomic E-state index is 0.258. The molecule has 3 nitrogen and oxygen atoms in total. The summed E-state index contributed by atoms with van der Waals surface area (Å²) in [5.74, 6) is 0. The van der Waals surface area contributed by atoms with Crippen LogP contribution in [0.3, 0.4) is 0 Å². The topological polar surface area (TPSA) is 36.4 Å². The van der Waals surface area contributed by atoms with E-state index in [1.165, 1.54) is 18.2 Å². The van der Waals surface area contributed by atoms with Crippen molar-refractivity contribution in [1.29, 1.82) is 0 Å². The molecule has 0 aliphatic carbocycles. The fraction of sp³-hybridized carbons (Fsp3) is 0.471. The zero-order chi connectivity index (χ0) is 14.2. The van der Waals surface area contributed by atoms with Crippen LogP contribution >= 0.6 is 0 Å². The molecule has 108 valence electrons. The SMILES string of the molecule is CCCCN(CCCO)Cc1ccc2ccccc2n1. The molecule has 1 heterocycles. The molecule has 0 saturated carbocycles. The second kappa shape index (κ2) is 7.98. The van der Waals surface area contributed by atoms with Gasteiger partial charge in [-0.2, -0.15) is 0 Å². The number of hydrogen-bond donors (Lipinski definition) is 1. The molecule has 20 heavy (non-hydrogen) atoms. The molecule has 0 fully saturated rings. The molecule has 0 atom stereocenters. The molecule has 0 bridgehead atoms. The molecule has 0 amide bonds. The molecule has 0 aliphatic rings. The van der Waals surface area contributed by atoms with Gasteiger partial charge in [0.2, 0.25) is 0 Å². The van der Waals surface area contributed by atoms with Gasteiger partial charge in [0.25, 0.3) is 0 Å². The standard InChI is InChI=1S/C17H24N2O/c1-2-3-11-19(12-6-13-20)14-16-10-9-15-7-4-5-8-17(15)18-16/h4-5,7-10,20H,2-3,6,11-14H2,1H3. The molecule has 1 aromatic carbocycles. The van der Waals surface area contributed by atoms with E-state index >= 15 is 0 Å². The first-order valence-electron chi connectivity index (χ1n) is 7.51. The van der Waals surface area contributed by atoms with Gasteiger partial charge < -0.3 is 5.11 Å². The summed E-state index contributed by atoms with van der Waals surface area (Å²) in [4.78, 5) is 7.11. The number of nitrogens with zero attached hydrogens (tertiary/aromatic N) is 2. The lowest BCUT2D eigenvalue weighted by atomic mass is 10.2. The third-order valence-corrected chi connectivity index (χ3v) is 3.50. The normalized spacial score (nSPS) is 11.3. The third kappa shape index (κ3) is 4.29. The lowest BCUT2D eigenvalue weighted by Crippen LogP contribution is -2.26. The highest BCUT2D eigenvalue weighted by molar-refractivity contribution is 5.78. The molecule has 3 heteroatoms. The average molecular weight is 272 g/mol. The summed E-state index contributed by atoms with van der Waals surface area (Å²) in [5, 5.41) is 10.2. The molecule has 2 rings (SSSR count). The number of fused-ring (bicyclic) bond motifs is 1. The Morgan fingerprint density at radius 2 is 1.85 bits per heavy atom. The van der Waals surface area contributed by atoms with E-state index in [9.17, 15) is 0 Å². The lowest BCUT2D eigenvalue weighted by Gasteiger charge is -2.21. The Kier molecular flexibility index (Phi) is 5.96. The van der Waals surface area contributed by atoms with Crippen molar-refractivity contribution in [2.24, 2.45) is 0 Å². The number of unbranched alkanes of at least 4 members (excludes halogenated alkanes) is 1. The number of aliphatic hydroxyl groups excluding tert-OH is 1. The van der Waals surface area contributed by atoms with Crippen molar-refractivity contribution in [1.82, 2.24) is 9.88 Å². The first-order chi connectivity index (χ1) is 9.83. The van der Waals surface area contributed by atoms with Crippen molar-refractivity contribution < 1.29 is 5.11 Å². The number of benzene rings is 1. The molecular weight excluding hydrogens is 248 g/mol. The van der Waals surface area contributed by atoms with Crippen LogP contribution in [0.1, 0.15) is 31.9 Å². The molecule has 0 radical (unpaired) electrons. The summed E-state index contributed by atoms with van der Waals surface area (Å²) < 4.78 is 0. The molecule has 1 aromatic heterocycles. The lowest BCUT2D eigenvalue weighted by molar-refractivity contribution is 0.215. The summed E-state index contributed by atoms with van der Waals surface area (Å²) in [6.07, 6.45) is 3.22. The van der Waals surface area contributed by atoms with Gasteiger partial charge in [0, 0.05) is 25.1 Å². The van der Waals surface area contributed by atoms with Gasteiger partial charge in [0.1, 0.15) is 0 Å². The van der Waals surface area contributed by atoms with Crippen molar-refractivity contribution in [2.75, 3.05) is 19.7 Å². The van der Waals surface area contributed by atoms with Crippen molar-refractivity contribution in [2.45, 2.75) is 32.7 Å². The fourth-order valence-electron chi connectivity index (χ4n) is 2.37. The van der Waals surface area contributed by atoms with Gasteiger partial charge in [0.05, 0.1) is 11.2 Å². The van der Waals surface area contributed by atoms with Crippen LogP contribution in [0.25, 0.3) is 10.9 Å². The smallest absolute Gasteiger partial charge is 0.0705 e. The van der Waals surface area contributed by atoms with E-state index in [1.807, 2.05) is 12.1 Å². The Balaban J connectivity index is 2.06. The van der Waals surface area contributed by atoms with Crippen LogP contribution in [0, 0.1) is 0 Å². The van der Waals surface area contributed by atoms with Gasteiger partial charge >= 0.3 is 0 Å². The average Bonchev–Trinajstić information content (AvgIpc) is 2.50. The quantitative estimate of drug-likeness (QED) is 0.801. The molecule has 0 aliphatic heterocycles. The highest BCUT2D eigenvalue weighted by Gasteiger charge is 2.07. The first kappa shape index (κ1) is 14.9. The predicted octanol–water partition coefficient (Wildman–Crippen LogP) is 3.22. The molecule has 0 saturated heterocycles. The van der Waals surface area contributed by atoms with Crippen LogP contribution in [0.2, 0.25) is 0 Å². The van der Waals surface area contributed by atoms with E-state index in [2.05, 4.69) is 36.1 Å². The van der Waals surface area contributed by atoms with E-state index in [4.69, 9.17) is 10.1 Å². The summed E-state index contributed by atoms with van der Waals surface area (Å²) >= 11 is 0. The van der Waals surface area contributed by atoms with Crippen LogP contribution < -0.4 is 0 Å². The van der Waals surface area contributed by atoms with Crippen molar-refractivity contribution in [3.63, 3.8) is 0 Å². The highest BCUT2D eigenvalue weighted by atomic mass is 16.3. The second-order valence-electron chi connectivity index (χ2n) is 5.20. The van der Waals surface area contributed by atoms with Gasteiger partial charge in [-0.1, -0.05) is 37.6 Å². The monoisotopic (exact) mass is 272 g/mol. The maximum absolute atomic E-state index is 9.01. The Labute approximate surface area is 121 Å². The molecule has 0 unspecified atom stereocenters. The zero-order valence-electron chi connectivity index (χ0n) is 12.3. The third-order valence-electron chi connectivity index (χ3n) is 3.50. The van der Waals surface area contributed by atoms with Crippen LogP contribution in [0.4, 0.5) is 0 Å². The zero-order valence-corrected chi connectivity index (χ0v) is 12.3. The minimum absolute atomic E-state index is 0.258. The highest BCUT2D eigenvalue weighted by Crippen LogP contribution is 2.13. The van der Waals surface area contributed by atoms with Gasteiger partial charge in [-0.25, -0.2) is 0 Å². The Morgan fingerprint density at radius 1 is 1.05 bits per heavy atom. The summed E-state index contributed by atoms with van der Waals surface area (Å²) in [6.45, 7) is 5.34. The largest absolute Gasteiger partial charge is 0.396 e. The summed E-state index contributed by atoms with van der Waals surface area (Å²) in [5.41, 5.74) is 2.17. The predicted molar refractivity (Wildman–Crippen MR) is 83.6 cm³/mol. The number of aliphatic hydroxyl groups is 1. The maximum Gasteiger partial charge on any atom is 0.0705 e. The van der Waals surface area contributed by atoms with Gasteiger partial charge in [0.15, 0.2) is 0 Å². The number of aromatic nitrogens is 1. The Morgan fingerprint density at radius 3 is 2.65 bits per heavy atom. The van der Waals surface area contributed by atoms with E-state index < -0.39 is 0 Å². The summed E-state index contributed by atoms with van der Waals surface area (Å²) in [7, 11) is 0. The minimum Gasteiger partial charge on any atom is -0.396 e. The fourth-order valence-corrected chi connectivity index (χ4v) is 2.37. The van der Waals surface area contributed by atoms with Crippen molar-refractivity contribution in [3.8, 4) is 0 Å². The van der Waals surface area contributed by atoms with Gasteiger partial charge in [-0.3, -0.25) is 9.88 Å². The molecular formula is C17H24N2O. The maximum atomic E-state index is 9.01. The van der Waals surface area contributed by atoms with E-state index in [0.29, 0.717) is 0 Å². The van der Waals surface area contributed by atoms with E-state index in [1.54, 1.807) is 0 Å². The summed E-state index contributed by atoms with van der Waals surface area (Å²) in [6, 6.07) is 12.5. The number of rotatable bonds is 8.